The number of carbonyl (C=O) groups excluding carboxylic acids is 1. The van der Waals surface area contributed by atoms with E-state index in [2.05, 4.69) is 5.32 Å². The van der Waals surface area contributed by atoms with Gasteiger partial charge < -0.3 is 25.1 Å². The molecule has 0 aliphatic rings. The van der Waals surface area contributed by atoms with Gasteiger partial charge in [0.1, 0.15) is 11.5 Å². The lowest BCUT2D eigenvalue weighted by molar-refractivity contribution is -0.991. The highest BCUT2D eigenvalue weighted by atomic mass is 16.8. The van der Waals surface area contributed by atoms with E-state index < -0.39 is 29.6 Å². The molecule has 9 nitrogen and oxygen atoms in total. The number of methoxy groups -OCH3 is 2. The van der Waals surface area contributed by atoms with Crippen LogP contribution in [0, 0.1) is 5.21 Å². The van der Waals surface area contributed by atoms with Crippen molar-refractivity contribution in [2.75, 3.05) is 14.2 Å². The van der Waals surface area contributed by atoms with E-state index in [0.29, 0.717) is 17.1 Å². The molecule has 1 unspecified atom stereocenters. The van der Waals surface area contributed by atoms with Gasteiger partial charge in [0.2, 0.25) is 0 Å². The van der Waals surface area contributed by atoms with Crippen LogP contribution >= 0.6 is 0 Å². The smallest absolute Gasteiger partial charge is 0.305 e. The Balaban J connectivity index is 2.32. The van der Waals surface area contributed by atoms with Gasteiger partial charge in [0.05, 0.1) is 26.7 Å². The van der Waals surface area contributed by atoms with Crippen molar-refractivity contribution in [2.24, 2.45) is 0 Å². The first-order valence-electron chi connectivity index (χ1n) is 7.93. The molecule has 27 heavy (non-hydrogen) atoms. The van der Waals surface area contributed by atoms with Gasteiger partial charge >= 0.3 is 5.97 Å². The zero-order valence-corrected chi connectivity index (χ0v) is 14.8. The summed E-state index contributed by atoms with van der Waals surface area (Å²) in [6.45, 7) is 0. The maximum absolute atomic E-state index is 12.6. The van der Waals surface area contributed by atoms with Crippen LogP contribution in [0.2, 0.25) is 0 Å². The summed E-state index contributed by atoms with van der Waals surface area (Å²) in [5.41, 5.74) is 0.594. The van der Waals surface area contributed by atoms with E-state index in [4.69, 9.17) is 19.8 Å². The van der Waals surface area contributed by atoms with E-state index >= 15 is 0 Å². The highest BCUT2D eigenvalue weighted by molar-refractivity contribution is 5.95. The summed E-state index contributed by atoms with van der Waals surface area (Å²) in [6.07, 6.45) is -0.407. The van der Waals surface area contributed by atoms with Crippen LogP contribution in [0.3, 0.4) is 0 Å². The second-order valence-corrected chi connectivity index (χ2v) is 5.66. The molecule has 0 aliphatic heterocycles. The molecule has 0 saturated heterocycles. The van der Waals surface area contributed by atoms with Gasteiger partial charge in [-0.1, -0.05) is 12.1 Å². The number of carboxylic acids is 1. The van der Waals surface area contributed by atoms with Gasteiger partial charge in [-0.2, -0.15) is 5.23 Å². The van der Waals surface area contributed by atoms with Crippen molar-refractivity contribution in [1.82, 2.24) is 5.32 Å². The van der Waals surface area contributed by atoms with Gasteiger partial charge in [0.25, 0.3) is 5.91 Å². The third kappa shape index (κ3) is 5.42. The number of quaternary nitrogens is 1. The molecule has 0 heterocycles. The Morgan fingerprint density at radius 3 is 2.30 bits per heavy atom. The molecule has 0 aliphatic carbocycles. The first-order chi connectivity index (χ1) is 12.8. The van der Waals surface area contributed by atoms with Crippen molar-refractivity contribution in [1.29, 1.82) is 0 Å². The first kappa shape index (κ1) is 20.2. The summed E-state index contributed by atoms with van der Waals surface area (Å²) in [4.78, 5) is 23.8. The number of hydrogen-bond acceptors (Lipinski definition) is 6. The largest absolute Gasteiger partial charge is 0.595 e. The number of aliphatic carboxylic acids is 1. The summed E-state index contributed by atoms with van der Waals surface area (Å²) >= 11 is 0. The predicted octanol–water partition coefficient (Wildman–Crippen LogP) is 1.05. The minimum Gasteiger partial charge on any atom is -0.595 e. The quantitative estimate of drug-likeness (QED) is 0.506. The van der Waals surface area contributed by atoms with E-state index in [9.17, 15) is 14.8 Å². The molecule has 0 bridgehead atoms. The number of hydrogen-bond donors (Lipinski definition) is 4. The van der Waals surface area contributed by atoms with Crippen molar-refractivity contribution >= 4 is 17.6 Å². The minimum absolute atomic E-state index is 0.000173. The summed E-state index contributed by atoms with van der Waals surface area (Å²) in [5.74, 6) is -0.868. The second-order valence-electron chi connectivity index (χ2n) is 5.66. The number of amides is 1. The molecular formula is C18H20N2O7. The number of nitrogens with one attached hydrogen (secondary N) is 2. The lowest BCUT2D eigenvalue weighted by Crippen LogP contribution is -2.99. The van der Waals surface area contributed by atoms with E-state index in [1.54, 1.807) is 12.1 Å². The fourth-order valence-electron chi connectivity index (χ4n) is 2.50. The monoisotopic (exact) mass is 376 g/mol. The molecule has 0 saturated carbocycles. The number of carbonyl (C=O) groups is 2. The van der Waals surface area contributed by atoms with Crippen LogP contribution in [0.15, 0.2) is 42.5 Å². The van der Waals surface area contributed by atoms with Crippen molar-refractivity contribution < 1.29 is 34.6 Å². The van der Waals surface area contributed by atoms with E-state index in [-0.39, 0.29) is 11.3 Å². The normalized spacial score (nSPS) is 12.7. The Kier molecular flexibility index (Phi) is 6.72. The Morgan fingerprint density at radius 2 is 1.78 bits per heavy atom. The number of rotatable bonds is 8. The lowest BCUT2D eigenvalue weighted by Gasteiger charge is -2.19. The molecule has 0 aromatic heterocycles. The molecule has 144 valence electrons. The molecule has 9 heteroatoms. The van der Waals surface area contributed by atoms with Gasteiger partial charge in [-0.15, -0.1) is 0 Å². The topological polar surface area (TPSA) is 133 Å². The van der Waals surface area contributed by atoms with Gasteiger partial charge in [0, 0.05) is 23.8 Å². The third-order valence-corrected chi connectivity index (χ3v) is 3.83. The Bertz CT molecular complexity index is 801. The molecule has 2 rings (SSSR count). The van der Waals surface area contributed by atoms with Crippen LogP contribution in [0.25, 0.3) is 0 Å². The SMILES string of the molecule is COc1cc(OC)cc(C(=O)N[C@@H](CC(=O)O)c2cccc([NH+]([O-])O)c2)c1. The third-order valence-electron chi connectivity index (χ3n) is 3.83. The predicted molar refractivity (Wildman–Crippen MR) is 94.2 cm³/mol. The highest BCUT2D eigenvalue weighted by Gasteiger charge is 2.21. The van der Waals surface area contributed by atoms with Gasteiger partial charge in [-0.3, -0.25) is 9.59 Å². The minimum atomic E-state index is -1.14. The molecule has 1 amide bonds. The maximum atomic E-state index is 12.6. The number of ether oxygens (including phenoxy) is 2. The number of benzene rings is 2. The molecule has 2 atom stereocenters. The van der Waals surface area contributed by atoms with E-state index in [1.165, 1.54) is 44.6 Å². The fourth-order valence-corrected chi connectivity index (χ4v) is 2.50. The first-order valence-corrected chi connectivity index (χ1v) is 7.93. The number of carboxylic acid groups (broad SMARTS) is 1. The van der Waals surface area contributed by atoms with Crippen molar-refractivity contribution in [3.8, 4) is 11.5 Å². The van der Waals surface area contributed by atoms with E-state index in [1.807, 2.05) is 0 Å². The summed E-state index contributed by atoms with van der Waals surface area (Å²) in [7, 11) is 2.89. The Labute approximate surface area is 155 Å². The van der Waals surface area contributed by atoms with Crippen LogP contribution < -0.4 is 20.0 Å². The van der Waals surface area contributed by atoms with Crippen LogP contribution in [0.4, 0.5) is 5.69 Å². The van der Waals surface area contributed by atoms with Crippen LogP contribution in [-0.2, 0) is 4.79 Å². The molecule has 0 radical (unpaired) electrons. The van der Waals surface area contributed by atoms with Crippen LogP contribution in [0.1, 0.15) is 28.4 Å². The summed E-state index contributed by atoms with van der Waals surface area (Å²) in [5, 5.41) is 30.9. The zero-order chi connectivity index (χ0) is 20.0. The Hall–Kier alpha value is -3.14. The summed E-state index contributed by atoms with van der Waals surface area (Å²) < 4.78 is 10.2. The van der Waals surface area contributed by atoms with Crippen LogP contribution in [0.5, 0.6) is 11.5 Å². The van der Waals surface area contributed by atoms with Gasteiger partial charge in [-0.25, -0.2) is 5.21 Å². The standard InChI is InChI=1S/C18H20N2O7/c1-26-14-7-12(8-15(9-14)27-2)18(23)19-16(10-17(21)22)11-4-3-5-13(6-11)20(24)25/h3-9,16,20,24H,10H2,1-2H3,(H,19,23)(H,21,22)/t16-/m0/s1. The molecule has 2 aromatic carbocycles. The van der Waals surface area contributed by atoms with Gasteiger partial charge in [0.15, 0.2) is 5.69 Å². The molecular weight excluding hydrogens is 356 g/mol. The average Bonchev–Trinajstić information content (AvgIpc) is 2.66. The second kappa shape index (κ2) is 8.99. The van der Waals surface area contributed by atoms with Crippen molar-refractivity contribution in [3.05, 3.63) is 58.8 Å². The van der Waals surface area contributed by atoms with Crippen molar-refractivity contribution in [2.45, 2.75) is 12.5 Å². The van der Waals surface area contributed by atoms with E-state index in [0.717, 1.165) is 0 Å². The fraction of sp³-hybridized carbons (Fsp3) is 0.222. The van der Waals surface area contributed by atoms with Gasteiger partial charge in [-0.05, 0) is 17.7 Å². The van der Waals surface area contributed by atoms with Crippen LogP contribution in [-0.4, -0.2) is 36.4 Å². The molecule has 0 spiro atoms. The molecule has 4 N–H and O–H groups in total. The molecule has 2 aromatic rings. The molecule has 0 fully saturated rings. The zero-order valence-electron chi connectivity index (χ0n) is 14.8. The summed E-state index contributed by atoms with van der Waals surface area (Å²) in [6, 6.07) is 9.45. The maximum Gasteiger partial charge on any atom is 0.305 e. The Morgan fingerprint density at radius 1 is 1.15 bits per heavy atom. The lowest BCUT2D eigenvalue weighted by atomic mass is 10.0. The average molecular weight is 376 g/mol. The highest BCUT2D eigenvalue weighted by Crippen LogP contribution is 2.24. The van der Waals surface area contributed by atoms with Crippen molar-refractivity contribution in [3.63, 3.8) is 0 Å².